The van der Waals surface area contributed by atoms with E-state index in [2.05, 4.69) is 37.2 Å². The second-order valence-electron chi connectivity index (χ2n) is 9.48. The van der Waals surface area contributed by atoms with Gasteiger partial charge >= 0.3 is 0 Å². The summed E-state index contributed by atoms with van der Waals surface area (Å²) < 4.78 is 17.4. The first-order chi connectivity index (χ1) is 16.3. The average Bonchev–Trinajstić information content (AvgIpc) is 2.84. The van der Waals surface area contributed by atoms with Gasteiger partial charge in [0.15, 0.2) is 6.10 Å². The largest absolute Gasteiger partial charge is 0.492 e. The van der Waals surface area contributed by atoms with Gasteiger partial charge in [-0.2, -0.15) is 0 Å². The molecule has 1 unspecified atom stereocenters. The summed E-state index contributed by atoms with van der Waals surface area (Å²) in [7, 11) is 2.15. The number of rotatable bonds is 11. The molecule has 0 radical (unpaired) electrons. The van der Waals surface area contributed by atoms with E-state index in [0.29, 0.717) is 25.1 Å². The van der Waals surface area contributed by atoms with Gasteiger partial charge in [0, 0.05) is 32.3 Å². The van der Waals surface area contributed by atoms with Crippen LogP contribution in [0.15, 0.2) is 42.5 Å². The zero-order valence-electron chi connectivity index (χ0n) is 21.3. The van der Waals surface area contributed by atoms with E-state index in [-0.39, 0.29) is 5.91 Å². The molecule has 0 bridgehead atoms. The summed E-state index contributed by atoms with van der Waals surface area (Å²) in [5.41, 5.74) is 3.22. The van der Waals surface area contributed by atoms with Gasteiger partial charge in [-0.25, -0.2) is 0 Å². The van der Waals surface area contributed by atoms with E-state index in [9.17, 15) is 4.79 Å². The second-order valence-corrected chi connectivity index (χ2v) is 9.48. The van der Waals surface area contributed by atoms with Crippen LogP contribution in [-0.4, -0.2) is 56.4 Å². The van der Waals surface area contributed by atoms with Gasteiger partial charge in [0.1, 0.15) is 18.1 Å². The Bertz CT molecular complexity index is 924. The maximum Gasteiger partial charge on any atom is 0.261 e. The van der Waals surface area contributed by atoms with Crippen molar-refractivity contribution in [2.75, 3.05) is 33.4 Å². The molecular weight excluding hydrogens is 428 g/mol. The van der Waals surface area contributed by atoms with Crippen LogP contribution in [0.3, 0.4) is 0 Å². The second kappa shape index (κ2) is 12.8. The minimum absolute atomic E-state index is 0.140. The van der Waals surface area contributed by atoms with E-state index in [0.717, 1.165) is 55.2 Å². The van der Waals surface area contributed by atoms with E-state index < -0.39 is 6.10 Å². The molecule has 1 amide bonds. The lowest BCUT2D eigenvalue weighted by molar-refractivity contribution is -0.127. The van der Waals surface area contributed by atoms with Crippen molar-refractivity contribution < 1.29 is 19.0 Å². The number of nitrogens with zero attached hydrogens (tertiary/aromatic N) is 1. The Balaban J connectivity index is 1.45. The fraction of sp³-hybridized carbons (Fsp3) is 0.536. The van der Waals surface area contributed by atoms with Crippen molar-refractivity contribution >= 4 is 5.91 Å². The van der Waals surface area contributed by atoms with Crippen LogP contribution >= 0.6 is 0 Å². The first kappa shape index (κ1) is 26.0. The molecule has 6 heteroatoms. The number of likely N-dealkylation sites (N-methyl/N-ethyl adjacent to an activating group) is 1. The zero-order chi connectivity index (χ0) is 24.5. The number of nitrogens with one attached hydrogen (secondary N) is 1. The lowest BCUT2D eigenvalue weighted by atomic mass is 10.0. The van der Waals surface area contributed by atoms with Crippen LogP contribution < -0.4 is 14.8 Å². The molecule has 3 rings (SSSR count). The van der Waals surface area contributed by atoms with Crippen molar-refractivity contribution in [3.8, 4) is 11.5 Å². The fourth-order valence-corrected chi connectivity index (χ4v) is 4.04. The normalized spacial score (nSPS) is 15.4. The van der Waals surface area contributed by atoms with Crippen LogP contribution in [0.1, 0.15) is 56.2 Å². The van der Waals surface area contributed by atoms with Crippen molar-refractivity contribution in [3.63, 3.8) is 0 Å². The molecule has 0 aliphatic carbocycles. The Morgan fingerprint density at radius 3 is 2.65 bits per heavy atom. The van der Waals surface area contributed by atoms with Crippen molar-refractivity contribution in [3.05, 3.63) is 59.2 Å². The monoisotopic (exact) mass is 468 g/mol. The molecular formula is C28H40N2O4. The van der Waals surface area contributed by atoms with Gasteiger partial charge in [0.2, 0.25) is 0 Å². The van der Waals surface area contributed by atoms with Crippen LogP contribution in [0.4, 0.5) is 0 Å². The van der Waals surface area contributed by atoms with Crippen molar-refractivity contribution in [1.82, 2.24) is 10.2 Å². The first-order valence-corrected chi connectivity index (χ1v) is 12.4. The predicted octanol–water partition coefficient (Wildman–Crippen LogP) is 4.69. The van der Waals surface area contributed by atoms with Crippen LogP contribution in [-0.2, 0) is 16.1 Å². The number of aryl methyl sites for hydroxylation is 1. The topological polar surface area (TPSA) is 60.0 Å². The molecule has 1 saturated heterocycles. The molecule has 1 aliphatic heterocycles. The molecule has 6 nitrogen and oxygen atoms in total. The molecule has 34 heavy (non-hydrogen) atoms. The Hall–Kier alpha value is -2.57. The third-order valence-corrected chi connectivity index (χ3v) is 6.44. The van der Waals surface area contributed by atoms with Crippen LogP contribution in [0.5, 0.6) is 11.5 Å². The molecule has 0 spiro atoms. The smallest absolute Gasteiger partial charge is 0.261 e. The molecule has 1 heterocycles. The van der Waals surface area contributed by atoms with E-state index in [4.69, 9.17) is 14.2 Å². The summed E-state index contributed by atoms with van der Waals surface area (Å²) in [5, 5.41) is 2.98. The highest BCUT2D eigenvalue weighted by Crippen LogP contribution is 2.25. The fourth-order valence-electron chi connectivity index (χ4n) is 4.04. The number of carbonyl (C=O) groups is 1. The number of hydrogen-bond acceptors (Lipinski definition) is 5. The molecule has 186 valence electrons. The van der Waals surface area contributed by atoms with Crippen LogP contribution in [0.25, 0.3) is 0 Å². The van der Waals surface area contributed by atoms with Crippen LogP contribution in [0, 0.1) is 6.92 Å². The molecule has 1 N–H and O–H groups in total. The standard InChI is InChI=1S/C28H40N2O4/c1-20(2)24-10-9-21(3)27(18-24)34-22(4)28(31)29-19-23-7-6-8-26(17-23)33-16-13-30(5)25-11-14-32-15-12-25/h6-10,17-18,20,22,25H,11-16,19H2,1-5H3,(H,29,31). The third kappa shape index (κ3) is 7.74. The number of benzene rings is 2. The molecule has 1 fully saturated rings. The molecule has 1 atom stereocenters. The highest BCUT2D eigenvalue weighted by atomic mass is 16.5. The highest BCUT2D eigenvalue weighted by Gasteiger charge is 2.18. The predicted molar refractivity (Wildman–Crippen MR) is 136 cm³/mol. The van der Waals surface area contributed by atoms with Gasteiger partial charge in [0.25, 0.3) is 5.91 Å². The quantitative estimate of drug-likeness (QED) is 0.518. The summed E-state index contributed by atoms with van der Waals surface area (Å²) in [6.45, 7) is 11.7. The molecule has 2 aromatic carbocycles. The van der Waals surface area contributed by atoms with Crippen molar-refractivity contribution in [2.45, 2.75) is 65.1 Å². The van der Waals surface area contributed by atoms with Crippen molar-refractivity contribution in [1.29, 1.82) is 0 Å². The average molecular weight is 469 g/mol. The minimum atomic E-state index is -0.582. The van der Waals surface area contributed by atoms with Gasteiger partial charge < -0.3 is 19.5 Å². The summed E-state index contributed by atoms with van der Waals surface area (Å²) >= 11 is 0. The molecule has 2 aromatic rings. The summed E-state index contributed by atoms with van der Waals surface area (Å²) in [6, 6.07) is 14.6. The SMILES string of the molecule is Cc1ccc(C(C)C)cc1OC(C)C(=O)NCc1cccc(OCCN(C)C2CCOCC2)c1. The molecule has 0 aromatic heterocycles. The maximum absolute atomic E-state index is 12.7. The Morgan fingerprint density at radius 1 is 1.15 bits per heavy atom. The van der Waals surface area contributed by atoms with Crippen molar-refractivity contribution in [2.24, 2.45) is 0 Å². The van der Waals surface area contributed by atoms with E-state index in [1.54, 1.807) is 6.92 Å². The van der Waals surface area contributed by atoms with Gasteiger partial charge in [0.05, 0.1) is 0 Å². The van der Waals surface area contributed by atoms with E-state index in [1.807, 2.05) is 43.3 Å². The van der Waals surface area contributed by atoms with E-state index in [1.165, 1.54) is 5.56 Å². The minimum Gasteiger partial charge on any atom is -0.492 e. The van der Waals surface area contributed by atoms with Gasteiger partial charge in [-0.3, -0.25) is 9.69 Å². The molecule has 1 aliphatic rings. The summed E-state index contributed by atoms with van der Waals surface area (Å²) in [4.78, 5) is 15.0. The number of carbonyl (C=O) groups excluding carboxylic acids is 1. The lowest BCUT2D eigenvalue weighted by Gasteiger charge is -2.31. The number of amides is 1. The van der Waals surface area contributed by atoms with Gasteiger partial charge in [-0.1, -0.05) is 38.1 Å². The lowest BCUT2D eigenvalue weighted by Crippen LogP contribution is -2.38. The third-order valence-electron chi connectivity index (χ3n) is 6.44. The van der Waals surface area contributed by atoms with Gasteiger partial charge in [-0.05, 0) is 74.5 Å². The van der Waals surface area contributed by atoms with Crippen LogP contribution in [0.2, 0.25) is 0 Å². The first-order valence-electron chi connectivity index (χ1n) is 12.4. The summed E-state index contributed by atoms with van der Waals surface area (Å²) in [5.74, 6) is 1.84. The Kier molecular flexibility index (Phi) is 9.78. The zero-order valence-corrected chi connectivity index (χ0v) is 21.3. The number of hydrogen-bond donors (Lipinski definition) is 1. The number of ether oxygens (including phenoxy) is 3. The molecule has 0 saturated carbocycles. The Labute approximate surface area is 204 Å². The summed E-state index contributed by atoms with van der Waals surface area (Å²) in [6.07, 6.45) is 1.58. The highest BCUT2D eigenvalue weighted by molar-refractivity contribution is 5.80. The maximum atomic E-state index is 12.7. The Morgan fingerprint density at radius 2 is 1.91 bits per heavy atom. The van der Waals surface area contributed by atoms with Gasteiger partial charge in [-0.15, -0.1) is 0 Å². The van der Waals surface area contributed by atoms with E-state index >= 15 is 0 Å².